The molecule has 1 aromatic heterocycles. The number of carbonyl (C=O) groups is 1. The van der Waals surface area contributed by atoms with Crippen molar-refractivity contribution in [1.82, 2.24) is 25.4 Å². The van der Waals surface area contributed by atoms with Crippen LogP contribution in [0.25, 0.3) is 0 Å². The molecule has 0 aromatic carbocycles. The number of nitrogens with one attached hydrogen (secondary N) is 2. The monoisotopic (exact) mass is 225 g/mol. The molecule has 0 aliphatic carbocycles. The summed E-state index contributed by atoms with van der Waals surface area (Å²) in [4.78, 5) is 15.2. The Morgan fingerprint density at radius 3 is 2.88 bits per heavy atom. The van der Waals surface area contributed by atoms with Crippen molar-refractivity contribution < 1.29 is 4.79 Å². The fraction of sp³-hybridized carbons (Fsp3) is 0.700. The first kappa shape index (κ1) is 12.6. The second-order valence-electron chi connectivity index (χ2n) is 3.87. The van der Waals surface area contributed by atoms with Crippen molar-refractivity contribution >= 4 is 5.91 Å². The lowest BCUT2D eigenvalue weighted by atomic mass is 10.4. The zero-order valence-corrected chi connectivity index (χ0v) is 9.81. The third-order valence-corrected chi connectivity index (χ3v) is 2.03. The summed E-state index contributed by atoms with van der Waals surface area (Å²) in [5, 5.41) is 9.99. The van der Waals surface area contributed by atoms with E-state index in [1.54, 1.807) is 11.0 Å². The molecule has 1 aromatic rings. The molecule has 0 fully saturated rings. The molecular weight excluding hydrogens is 206 g/mol. The summed E-state index contributed by atoms with van der Waals surface area (Å²) in [6, 6.07) is 0.451. The van der Waals surface area contributed by atoms with Crippen LogP contribution >= 0.6 is 0 Å². The van der Waals surface area contributed by atoms with Crippen molar-refractivity contribution in [2.45, 2.75) is 32.9 Å². The highest BCUT2D eigenvalue weighted by atomic mass is 16.1. The molecule has 0 bridgehead atoms. The Kier molecular flexibility index (Phi) is 5.49. The minimum absolute atomic E-state index is 0.0426. The van der Waals surface area contributed by atoms with E-state index in [2.05, 4.69) is 34.6 Å². The van der Waals surface area contributed by atoms with Crippen LogP contribution in [0.4, 0.5) is 0 Å². The van der Waals surface area contributed by atoms with Gasteiger partial charge in [0.15, 0.2) is 0 Å². The molecule has 0 aliphatic heterocycles. The van der Waals surface area contributed by atoms with Crippen LogP contribution in [0.5, 0.6) is 0 Å². The van der Waals surface area contributed by atoms with E-state index in [9.17, 15) is 4.79 Å². The van der Waals surface area contributed by atoms with E-state index in [4.69, 9.17) is 0 Å². The number of aryl methyl sites for hydroxylation is 1. The molecule has 0 radical (unpaired) electrons. The largest absolute Gasteiger partial charge is 0.355 e. The Balaban J connectivity index is 2.03. The quantitative estimate of drug-likeness (QED) is 0.629. The van der Waals surface area contributed by atoms with Gasteiger partial charge in [-0.2, -0.15) is 5.10 Å². The highest BCUT2D eigenvalue weighted by Gasteiger charge is 2.01. The highest BCUT2D eigenvalue weighted by Crippen LogP contribution is 1.86. The average molecular weight is 225 g/mol. The second kappa shape index (κ2) is 6.95. The summed E-state index contributed by atoms with van der Waals surface area (Å²) in [5.41, 5.74) is 0. The van der Waals surface area contributed by atoms with Crippen molar-refractivity contribution in [3.8, 4) is 0 Å². The maximum Gasteiger partial charge on any atom is 0.221 e. The smallest absolute Gasteiger partial charge is 0.221 e. The Bertz CT molecular complexity index is 296. The molecule has 0 aliphatic rings. The molecule has 0 spiro atoms. The van der Waals surface area contributed by atoms with Gasteiger partial charge in [-0.1, -0.05) is 13.8 Å². The summed E-state index contributed by atoms with van der Waals surface area (Å²) in [5.74, 6) is 0.0426. The maximum absolute atomic E-state index is 11.4. The van der Waals surface area contributed by atoms with Crippen LogP contribution < -0.4 is 10.6 Å². The van der Waals surface area contributed by atoms with Gasteiger partial charge in [0.1, 0.15) is 12.7 Å². The van der Waals surface area contributed by atoms with Crippen LogP contribution in [-0.4, -0.2) is 39.8 Å². The molecule has 1 rings (SSSR count). The van der Waals surface area contributed by atoms with Crippen molar-refractivity contribution in [3.05, 3.63) is 12.7 Å². The fourth-order valence-electron chi connectivity index (χ4n) is 1.22. The molecule has 0 atom stereocenters. The predicted molar refractivity (Wildman–Crippen MR) is 60.8 cm³/mol. The third kappa shape index (κ3) is 5.45. The van der Waals surface area contributed by atoms with Gasteiger partial charge >= 0.3 is 0 Å². The minimum atomic E-state index is 0.0426. The van der Waals surface area contributed by atoms with E-state index >= 15 is 0 Å². The predicted octanol–water partition coefficient (Wildman–Crippen LogP) is -0.218. The van der Waals surface area contributed by atoms with Crippen LogP contribution in [-0.2, 0) is 11.3 Å². The highest BCUT2D eigenvalue weighted by molar-refractivity contribution is 5.75. The van der Waals surface area contributed by atoms with E-state index in [-0.39, 0.29) is 5.91 Å². The number of carbonyl (C=O) groups excluding carboxylic acids is 1. The molecule has 0 unspecified atom stereocenters. The lowest BCUT2D eigenvalue weighted by Gasteiger charge is -2.08. The van der Waals surface area contributed by atoms with Gasteiger partial charge in [0, 0.05) is 25.6 Å². The van der Waals surface area contributed by atoms with Gasteiger partial charge < -0.3 is 10.6 Å². The number of hydrogen-bond acceptors (Lipinski definition) is 4. The Labute approximate surface area is 95.4 Å². The van der Waals surface area contributed by atoms with Crippen LogP contribution in [0.3, 0.4) is 0 Å². The van der Waals surface area contributed by atoms with Crippen LogP contribution in [0.2, 0.25) is 0 Å². The van der Waals surface area contributed by atoms with Crippen molar-refractivity contribution in [2.75, 3.05) is 13.1 Å². The standard InChI is InChI=1S/C10H19N5O/c1-9(2)12-4-5-13-10(16)3-6-15-8-11-7-14-15/h7-9,12H,3-6H2,1-2H3,(H,13,16). The van der Waals surface area contributed by atoms with Crippen LogP contribution in [0.1, 0.15) is 20.3 Å². The molecule has 1 heterocycles. The number of nitrogens with zero attached hydrogens (tertiary/aromatic N) is 3. The Morgan fingerprint density at radius 2 is 2.25 bits per heavy atom. The molecule has 0 saturated carbocycles. The van der Waals surface area contributed by atoms with E-state index in [1.807, 2.05) is 0 Å². The summed E-state index contributed by atoms with van der Waals surface area (Å²) in [6.45, 7) is 6.18. The third-order valence-electron chi connectivity index (χ3n) is 2.03. The molecule has 2 N–H and O–H groups in total. The average Bonchev–Trinajstić information content (AvgIpc) is 2.74. The zero-order valence-electron chi connectivity index (χ0n) is 9.81. The van der Waals surface area contributed by atoms with Gasteiger partial charge in [-0.15, -0.1) is 0 Å². The topological polar surface area (TPSA) is 71.8 Å². The molecular formula is C10H19N5O. The van der Waals surface area contributed by atoms with E-state index in [1.165, 1.54) is 6.33 Å². The Hall–Kier alpha value is -1.43. The summed E-state index contributed by atoms with van der Waals surface area (Å²) < 4.78 is 1.64. The number of rotatable bonds is 7. The van der Waals surface area contributed by atoms with Crippen LogP contribution in [0, 0.1) is 0 Å². The fourth-order valence-corrected chi connectivity index (χ4v) is 1.22. The van der Waals surface area contributed by atoms with Gasteiger partial charge in [-0.3, -0.25) is 9.48 Å². The van der Waals surface area contributed by atoms with E-state index in [0.29, 0.717) is 25.6 Å². The Morgan fingerprint density at radius 1 is 1.44 bits per heavy atom. The van der Waals surface area contributed by atoms with Gasteiger partial charge in [0.05, 0.1) is 6.54 Å². The first-order valence-electron chi connectivity index (χ1n) is 5.51. The van der Waals surface area contributed by atoms with Gasteiger partial charge in [-0.05, 0) is 0 Å². The zero-order chi connectivity index (χ0) is 11.8. The SMILES string of the molecule is CC(C)NCCNC(=O)CCn1cncn1. The molecule has 16 heavy (non-hydrogen) atoms. The lowest BCUT2D eigenvalue weighted by Crippen LogP contribution is -2.34. The molecule has 1 amide bonds. The van der Waals surface area contributed by atoms with Crippen molar-refractivity contribution in [2.24, 2.45) is 0 Å². The van der Waals surface area contributed by atoms with Crippen molar-refractivity contribution in [1.29, 1.82) is 0 Å². The first-order valence-corrected chi connectivity index (χ1v) is 5.51. The maximum atomic E-state index is 11.4. The second-order valence-corrected chi connectivity index (χ2v) is 3.87. The normalized spacial score (nSPS) is 10.7. The van der Waals surface area contributed by atoms with Gasteiger partial charge in [0.25, 0.3) is 0 Å². The first-order chi connectivity index (χ1) is 7.68. The van der Waals surface area contributed by atoms with Crippen molar-refractivity contribution in [3.63, 3.8) is 0 Å². The summed E-state index contributed by atoms with van der Waals surface area (Å²) >= 11 is 0. The number of amides is 1. The van der Waals surface area contributed by atoms with E-state index in [0.717, 1.165) is 6.54 Å². The summed E-state index contributed by atoms with van der Waals surface area (Å²) in [7, 11) is 0. The number of aromatic nitrogens is 3. The molecule has 0 saturated heterocycles. The summed E-state index contributed by atoms with van der Waals surface area (Å²) in [6.07, 6.45) is 3.50. The molecule has 6 heteroatoms. The van der Waals surface area contributed by atoms with Gasteiger partial charge in [-0.25, -0.2) is 4.98 Å². The lowest BCUT2D eigenvalue weighted by molar-refractivity contribution is -0.121. The van der Waals surface area contributed by atoms with E-state index < -0.39 is 0 Å². The van der Waals surface area contributed by atoms with Gasteiger partial charge in [0.2, 0.25) is 5.91 Å². The minimum Gasteiger partial charge on any atom is -0.355 e. The number of hydrogen-bond donors (Lipinski definition) is 2. The van der Waals surface area contributed by atoms with Crippen LogP contribution in [0.15, 0.2) is 12.7 Å². The molecule has 6 nitrogen and oxygen atoms in total. The molecule has 90 valence electrons.